The zero-order valence-corrected chi connectivity index (χ0v) is 7.51. The second-order valence-electron chi connectivity index (χ2n) is 2.85. The van der Waals surface area contributed by atoms with Crippen LogP contribution in [0.4, 0.5) is 0 Å². The first-order chi connectivity index (χ1) is 5.20. The highest BCUT2D eigenvalue weighted by molar-refractivity contribution is 4.87. The highest BCUT2D eigenvalue weighted by Gasteiger charge is 2.04. The number of allylic oxidation sites excluding steroid dienone is 3. The Kier molecular flexibility index (Phi) is 5.63. The number of rotatable bonds is 5. The lowest BCUT2D eigenvalue weighted by atomic mass is 9.97. The fraction of sp³-hybridized carbons (Fsp3) is 0.600. The van der Waals surface area contributed by atoms with E-state index in [4.69, 9.17) is 5.11 Å². The van der Waals surface area contributed by atoms with Crippen molar-refractivity contribution in [2.75, 3.05) is 0 Å². The summed E-state index contributed by atoms with van der Waals surface area (Å²) in [6, 6.07) is 0. The average Bonchev–Trinajstić information content (AvgIpc) is 1.97. The highest BCUT2D eigenvalue weighted by atomic mass is 16.3. The van der Waals surface area contributed by atoms with Gasteiger partial charge < -0.3 is 5.11 Å². The third-order valence-corrected chi connectivity index (χ3v) is 1.81. The smallest absolute Gasteiger partial charge is 0.0853 e. The zero-order chi connectivity index (χ0) is 8.69. The van der Waals surface area contributed by atoms with E-state index in [1.807, 2.05) is 13.0 Å². The molecule has 0 heterocycles. The molecule has 0 aromatic rings. The van der Waals surface area contributed by atoms with Crippen LogP contribution in [0, 0.1) is 5.92 Å². The second kappa shape index (κ2) is 6.02. The highest BCUT2D eigenvalue weighted by Crippen LogP contribution is 2.16. The predicted molar refractivity (Wildman–Crippen MR) is 49.6 cm³/mol. The SMILES string of the molecule is C=C(O)CC(CC)C/C=C/C. The van der Waals surface area contributed by atoms with E-state index >= 15 is 0 Å². The molecular weight excluding hydrogens is 136 g/mol. The van der Waals surface area contributed by atoms with E-state index in [0.29, 0.717) is 11.7 Å². The molecule has 64 valence electrons. The van der Waals surface area contributed by atoms with Crippen molar-refractivity contribution >= 4 is 0 Å². The predicted octanol–water partition coefficient (Wildman–Crippen LogP) is 3.44. The molecule has 1 nitrogen and oxygen atoms in total. The molecule has 1 heteroatoms. The van der Waals surface area contributed by atoms with Crippen LogP contribution in [-0.2, 0) is 0 Å². The van der Waals surface area contributed by atoms with Gasteiger partial charge >= 0.3 is 0 Å². The number of hydrogen-bond donors (Lipinski definition) is 1. The first-order valence-electron chi connectivity index (χ1n) is 4.18. The maximum absolute atomic E-state index is 8.93. The summed E-state index contributed by atoms with van der Waals surface area (Å²) < 4.78 is 0. The third-order valence-electron chi connectivity index (χ3n) is 1.81. The first-order valence-corrected chi connectivity index (χ1v) is 4.18. The van der Waals surface area contributed by atoms with E-state index < -0.39 is 0 Å². The van der Waals surface area contributed by atoms with Crippen LogP contribution in [0.25, 0.3) is 0 Å². The van der Waals surface area contributed by atoms with Gasteiger partial charge in [0.05, 0.1) is 5.76 Å². The molecule has 0 saturated heterocycles. The Bertz CT molecular complexity index is 136. The molecule has 1 atom stereocenters. The number of aliphatic hydroxyl groups is 1. The molecule has 0 radical (unpaired) electrons. The maximum atomic E-state index is 8.93. The topological polar surface area (TPSA) is 20.2 Å². The Labute approximate surface area is 69.4 Å². The van der Waals surface area contributed by atoms with E-state index in [1.54, 1.807) is 0 Å². The van der Waals surface area contributed by atoms with Crippen molar-refractivity contribution in [3.8, 4) is 0 Å². The number of aliphatic hydroxyl groups excluding tert-OH is 1. The summed E-state index contributed by atoms with van der Waals surface area (Å²) in [5, 5.41) is 8.93. The van der Waals surface area contributed by atoms with Gasteiger partial charge in [-0.15, -0.1) is 0 Å². The molecule has 0 fully saturated rings. The third kappa shape index (κ3) is 5.71. The fourth-order valence-corrected chi connectivity index (χ4v) is 1.06. The largest absolute Gasteiger partial charge is 0.513 e. The molecule has 0 rings (SSSR count). The minimum atomic E-state index is 0.307. The van der Waals surface area contributed by atoms with E-state index in [2.05, 4.69) is 19.6 Å². The van der Waals surface area contributed by atoms with Crippen LogP contribution >= 0.6 is 0 Å². The standard InChI is InChI=1S/C10H18O/c1-4-6-7-10(5-2)8-9(3)11/h4,6,10-11H,3,5,7-8H2,1-2H3/b6-4+. The molecule has 1 unspecified atom stereocenters. The summed E-state index contributed by atoms with van der Waals surface area (Å²) in [4.78, 5) is 0. The fourth-order valence-electron chi connectivity index (χ4n) is 1.06. The molecule has 0 aromatic heterocycles. The van der Waals surface area contributed by atoms with Crippen molar-refractivity contribution in [2.45, 2.75) is 33.1 Å². The zero-order valence-electron chi connectivity index (χ0n) is 7.51. The Hall–Kier alpha value is -0.720. The minimum Gasteiger partial charge on any atom is -0.513 e. The van der Waals surface area contributed by atoms with Gasteiger partial charge in [-0.2, -0.15) is 0 Å². The first kappa shape index (κ1) is 10.3. The molecule has 0 spiro atoms. The van der Waals surface area contributed by atoms with E-state index in [1.165, 1.54) is 0 Å². The van der Waals surface area contributed by atoms with Crippen molar-refractivity contribution < 1.29 is 5.11 Å². The van der Waals surface area contributed by atoms with E-state index in [9.17, 15) is 0 Å². The summed E-state index contributed by atoms with van der Waals surface area (Å²) in [6.45, 7) is 7.63. The maximum Gasteiger partial charge on any atom is 0.0853 e. The van der Waals surface area contributed by atoms with Crippen molar-refractivity contribution in [1.29, 1.82) is 0 Å². The second-order valence-corrected chi connectivity index (χ2v) is 2.85. The molecule has 0 aliphatic carbocycles. The van der Waals surface area contributed by atoms with E-state index in [-0.39, 0.29) is 0 Å². The molecule has 0 bridgehead atoms. The molecule has 11 heavy (non-hydrogen) atoms. The quantitative estimate of drug-likeness (QED) is 0.475. The van der Waals surface area contributed by atoms with Crippen LogP contribution in [0.1, 0.15) is 33.1 Å². The molecule has 0 aromatic carbocycles. The molecule has 0 saturated carbocycles. The van der Waals surface area contributed by atoms with Crippen LogP contribution < -0.4 is 0 Å². The normalized spacial score (nSPS) is 13.6. The van der Waals surface area contributed by atoms with Gasteiger partial charge in [0.15, 0.2) is 0 Å². The lowest BCUT2D eigenvalue weighted by molar-refractivity contribution is 0.348. The van der Waals surface area contributed by atoms with Gasteiger partial charge in [0.25, 0.3) is 0 Å². The van der Waals surface area contributed by atoms with Gasteiger partial charge in [0, 0.05) is 6.42 Å². The molecular formula is C10H18O. The van der Waals surface area contributed by atoms with Gasteiger partial charge in [0.2, 0.25) is 0 Å². The van der Waals surface area contributed by atoms with Crippen LogP contribution in [0.3, 0.4) is 0 Å². The average molecular weight is 154 g/mol. The Morgan fingerprint density at radius 3 is 2.64 bits per heavy atom. The van der Waals surface area contributed by atoms with Crippen molar-refractivity contribution in [2.24, 2.45) is 5.92 Å². The molecule has 0 aliphatic heterocycles. The van der Waals surface area contributed by atoms with Crippen LogP contribution in [0.5, 0.6) is 0 Å². The van der Waals surface area contributed by atoms with Gasteiger partial charge in [-0.3, -0.25) is 0 Å². The van der Waals surface area contributed by atoms with Crippen molar-refractivity contribution in [1.82, 2.24) is 0 Å². The van der Waals surface area contributed by atoms with Crippen molar-refractivity contribution in [3.63, 3.8) is 0 Å². The summed E-state index contributed by atoms with van der Waals surface area (Å²) in [5.41, 5.74) is 0. The van der Waals surface area contributed by atoms with Crippen LogP contribution in [0.15, 0.2) is 24.5 Å². The van der Waals surface area contributed by atoms with Gasteiger partial charge in [-0.25, -0.2) is 0 Å². The van der Waals surface area contributed by atoms with Crippen LogP contribution in [-0.4, -0.2) is 5.11 Å². The van der Waals surface area contributed by atoms with Gasteiger partial charge in [-0.05, 0) is 19.3 Å². The Morgan fingerprint density at radius 2 is 2.27 bits per heavy atom. The molecule has 0 aliphatic rings. The number of hydrogen-bond acceptors (Lipinski definition) is 1. The lowest BCUT2D eigenvalue weighted by Crippen LogP contribution is -1.98. The molecule has 0 amide bonds. The Morgan fingerprint density at radius 1 is 1.64 bits per heavy atom. The van der Waals surface area contributed by atoms with Crippen molar-refractivity contribution in [3.05, 3.63) is 24.5 Å². The van der Waals surface area contributed by atoms with E-state index in [0.717, 1.165) is 19.3 Å². The summed E-state index contributed by atoms with van der Waals surface area (Å²) in [7, 11) is 0. The monoisotopic (exact) mass is 154 g/mol. The summed E-state index contributed by atoms with van der Waals surface area (Å²) >= 11 is 0. The summed E-state index contributed by atoms with van der Waals surface area (Å²) in [6.07, 6.45) is 7.07. The molecule has 1 N–H and O–H groups in total. The van der Waals surface area contributed by atoms with Crippen LogP contribution in [0.2, 0.25) is 0 Å². The van der Waals surface area contributed by atoms with Gasteiger partial charge in [-0.1, -0.05) is 32.1 Å². The summed E-state index contributed by atoms with van der Waals surface area (Å²) in [5.74, 6) is 0.866. The Balaban J connectivity index is 3.66. The van der Waals surface area contributed by atoms with Gasteiger partial charge in [0.1, 0.15) is 0 Å². The minimum absolute atomic E-state index is 0.307. The lowest BCUT2D eigenvalue weighted by Gasteiger charge is -2.10.